The van der Waals surface area contributed by atoms with E-state index in [1.165, 1.54) is 36.9 Å². The van der Waals surface area contributed by atoms with E-state index in [1.807, 2.05) is 0 Å². The van der Waals surface area contributed by atoms with Gasteiger partial charge in [-0.2, -0.15) is 0 Å². The molecule has 2 aliphatic heterocycles. The number of aryl methyl sites for hydroxylation is 1. The lowest BCUT2D eigenvalue weighted by Gasteiger charge is -2.43. The number of rotatable bonds is 3. The molecule has 5 atom stereocenters. The zero-order valence-corrected chi connectivity index (χ0v) is 16.0. The topological polar surface area (TPSA) is 24.4 Å². The van der Waals surface area contributed by atoms with E-state index in [0.717, 1.165) is 18.9 Å². The van der Waals surface area contributed by atoms with Crippen LogP contribution in [-0.4, -0.2) is 18.8 Å². The molecular weight excluding hydrogens is 316 g/mol. The van der Waals surface area contributed by atoms with Crippen molar-refractivity contribution in [2.75, 3.05) is 6.54 Å². The molecule has 2 heteroatoms. The Kier molecular flexibility index (Phi) is 3.84. The van der Waals surface area contributed by atoms with E-state index in [2.05, 4.69) is 61.8 Å². The molecule has 1 saturated carbocycles. The zero-order valence-electron chi connectivity index (χ0n) is 16.0. The maximum atomic E-state index is 4.82. The second-order valence-electron chi connectivity index (χ2n) is 9.15. The van der Waals surface area contributed by atoms with E-state index in [4.69, 9.17) is 4.99 Å². The highest BCUT2D eigenvalue weighted by molar-refractivity contribution is 5.68. The highest BCUT2D eigenvalue weighted by Crippen LogP contribution is 2.53. The van der Waals surface area contributed by atoms with Crippen LogP contribution in [0.1, 0.15) is 45.1 Å². The van der Waals surface area contributed by atoms with Crippen molar-refractivity contribution in [2.45, 2.75) is 52.0 Å². The van der Waals surface area contributed by atoms with Gasteiger partial charge >= 0.3 is 0 Å². The third-order valence-electron chi connectivity index (χ3n) is 7.64. The van der Waals surface area contributed by atoms with Crippen LogP contribution in [0.15, 0.2) is 58.2 Å². The minimum atomic E-state index is 0.183. The Morgan fingerprint density at radius 3 is 2.92 bits per heavy atom. The van der Waals surface area contributed by atoms with Crippen molar-refractivity contribution >= 4 is 6.21 Å². The SMILES string of the molecule is CC1C2NC3=CC4=C(CC3C2CCc2ccccc2)CC1(C)C=NCC4. The lowest BCUT2D eigenvalue weighted by atomic mass is 9.62. The molecule has 136 valence electrons. The molecular formula is C24H30N2. The summed E-state index contributed by atoms with van der Waals surface area (Å²) in [5, 5.41) is 4.00. The van der Waals surface area contributed by atoms with Gasteiger partial charge in [0.05, 0.1) is 0 Å². The quantitative estimate of drug-likeness (QED) is 0.824. The number of nitrogens with zero attached hydrogens (tertiary/aromatic N) is 1. The maximum absolute atomic E-state index is 4.82. The number of fused-ring (bicyclic) bond motifs is 2. The van der Waals surface area contributed by atoms with Crippen LogP contribution < -0.4 is 5.32 Å². The van der Waals surface area contributed by atoms with Crippen LogP contribution in [0.3, 0.4) is 0 Å². The second-order valence-corrected chi connectivity index (χ2v) is 9.15. The van der Waals surface area contributed by atoms with Gasteiger partial charge in [-0.15, -0.1) is 0 Å². The minimum absolute atomic E-state index is 0.183. The summed E-state index contributed by atoms with van der Waals surface area (Å²) in [6.45, 7) is 5.87. The average Bonchev–Trinajstić information content (AvgIpc) is 3.00. The van der Waals surface area contributed by atoms with E-state index in [-0.39, 0.29) is 5.41 Å². The standard InChI is InChI=1S/C24H30N2/c1-16-23-20(9-8-17-6-4-3-5-7-17)21-12-19-14-24(16,2)15-25-11-10-18(19)13-22(21)26-23/h3-7,13,15-16,20-21,23,26H,8-12,14H2,1-2H3. The first kappa shape index (κ1) is 16.4. The van der Waals surface area contributed by atoms with Gasteiger partial charge in [0, 0.05) is 35.8 Å². The molecule has 1 aromatic rings. The first-order valence-electron chi connectivity index (χ1n) is 10.4. The van der Waals surface area contributed by atoms with E-state index >= 15 is 0 Å². The lowest BCUT2D eigenvalue weighted by molar-refractivity contribution is 0.174. The monoisotopic (exact) mass is 346 g/mol. The van der Waals surface area contributed by atoms with Gasteiger partial charge in [-0.3, -0.25) is 4.99 Å². The summed E-state index contributed by atoms with van der Waals surface area (Å²) < 4.78 is 0. The molecule has 0 radical (unpaired) electrons. The molecule has 1 saturated heterocycles. The fourth-order valence-corrected chi connectivity index (χ4v) is 5.93. The van der Waals surface area contributed by atoms with Gasteiger partial charge in [0.1, 0.15) is 0 Å². The third kappa shape index (κ3) is 2.57. The summed E-state index contributed by atoms with van der Waals surface area (Å²) in [6, 6.07) is 11.6. The summed E-state index contributed by atoms with van der Waals surface area (Å²) in [6.07, 6.45) is 10.9. The average molecular weight is 347 g/mol. The largest absolute Gasteiger partial charge is 0.385 e. The molecule has 0 spiro atoms. The Morgan fingerprint density at radius 2 is 2.08 bits per heavy atom. The van der Waals surface area contributed by atoms with Crippen LogP contribution in [0, 0.1) is 23.2 Å². The normalized spacial score (nSPS) is 37.7. The molecule has 5 rings (SSSR count). The third-order valence-corrected chi connectivity index (χ3v) is 7.64. The van der Waals surface area contributed by atoms with E-state index < -0.39 is 0 Å². The molecule has 2 nitrogen and oxygen atoms in total. The predicted molar refractivity (Wildman–Crippen MR) is 108 cm³/mol. The Labute approximate surface area is 157 Å². The number of nitrogens with one attached hydrogen (secondary N) is 1. The van der Waals surface area contributed by atoms with Crippen molar-refractivity contribution in [1.29, 1.82) is 0 Å². The molecule has 2 fully saturated rings. The zero-order chi connectivity index (χ0) is 17.7. The van der Waals surface area contributed by atoms with Crippen molar-refractivity contribution in [2.24, 2.45) is 28.2 Å². The smallest absolute Gasteiger partial charge is 0.0426 e. The molecule has 26 heavy (non-hydrogen) atoms. The van der Waals surface area contributed by atoms with Crippen molar-refractivity contribution in [1.82, 2.24) is 5.32 Å². The van der Waals surface area contributed by atoms with Crippen molar-refractivity contribution in [3.63, 3.8) is 0 Å². The van der Waals surface area contributed by atoms with Gasteiger partial charge in [0.15, 0.2) is 0 Å². The van der Waals surface area contributed by atoms with Crippen LogP contribution in [0.2, 0.25) is 0 Å². The molecule has 2 heterocycles. The van der Waals surface area contributed by atoms with Crippen molar-refractivity contribution in [3.05, 3.63) is 58.8 Å². The van der Waals surface area contributed by atoms with Gasteiger partial charge in [-0.05, 0) is 61.2 Å². The summed E-state index contributed by atoms with van der Waals surface area (Å²) in [5.41, 5.74) is 6.51. The number of hydrogen-bond acceptors (Lipinski definition) is 2. The molecule has 4 aliphatic rings. The van der Waals surface area contributed by atoms with Gasteiger partial charge in [-0.1, -0.05) is 49.8 Å². The van der Waals surface area contributed by atoms with Gasteiger partial charge < -0.3 is 5.32 Å². The number of allylic oxidation sites excluding steroid dienone is 3. The Balaban J connectivity index is 1.50. The highest BCUT2D eigenvalue weighted by atomic mass is 15.0. The van der Waals surface area contributed by atoms with Gasteiger partial charge in [0.2, 0.25) is 0 Å². The fourth-order valence-electron chi connectivity index (χ4n) is 5.93. The van der Waals surface area contributed by atoms with Crippen molar-refractivity contribution in [3.8, 4) is 0 Å². The summed E-state index contributed by atoms with van der Waals surface area (Å²) in [4.78, 5) is 4.82. The van der Waals surface area contributed by atoms with Crippen LogP contribution >= 0.6 is 0 Å². The Bertz CT molecular complexity index is 788. The minimum Gasteiger partial charge on any atom is -0.385 e. The molecule has 1 aromatic carbocycles. The number of aliphatic imine (C=N–C) groups is 1. The van der Waals surface area contributed by atoms with E-state index in [9.17, 15) is 0 Å². The Morgan fingerprint density at radius 1 is 1.23 bits per heavy atom. The second kappa shape index (κ2) is 6.11. The predicted octanol–water partition coefficient (Wildman–Crippen LogP) is 4.93. The first-order valence-corrected chi connectivity index (χ1v) is 10.4. The number of benzene rings is 1. The molecule has 4 bridgehead atoms. The van der Waals surface area contributed by atoms with Gasteiger partial charge in [-0.25, -0.2) is 0 Å². The summed E-state index contributed by atoms with van der Waals surface area (Å²) in [7, 11) is 0. The lowest BCUT2D eigenvalue weighted by Crippen LogP contribution is -2.45. The van der Waals surface area contributed by atoms with Crippen LogP contribution in [0.4, 0.5) is 0 Å². The van der Waals surface area contributed by atoms with Crippen molar-refractivity contribution < 1.29 is 0 Å². The number of hydrogen-bond donors (Lipinski definition) is 1. The molecule has 0 amide bonds. The van der Waals surface area contributed by atoms with Gasteiger partial charge in [0.25, 0.3) is 0 Å². The molecule has 2 aliphatic carbocycles. The molecule has 5 unspecified atom stereocenters. The summed E-state index contributed by atoms with van der Waals surface area (Å²) >= 11 is 0. The maximum Gasteiger partial charge on any atom is 0.0426 e. The summed E-state index contributed by atoms with van der Waals surface area (Å²) in [5.74, 6) is 2.06. The van der Waals surface area contributed by atoms with Crippen LogP contribution in [-0.2, 0) is 6.42 Å². The Hall–Kier alpha value is -1.83. The van der Waals surface area contributed by atoms with E-state index in [0.29, 0.717) is 17.9 Å². The molecule has 1 N–H and O–H groups in total. The highest BCUT2D eigenvalue weighted by Gasteiger charge is 2.50. The van der Waals surface area contributed by atoms with Crippen LogP contribution in [0.25, 0.3) is 0 Å². The van der Waals surface area contributed by atoms with Crippen LogP contribution in [0.5, 0.6) is 0 Å². The van der Waals surface area contributed by atoms with E-state index in [1.54, 1.807) is 11.1 Å². The molecule has 0 aromatic heterocycles. The fraction of sp³-hybridized carbons (Fsp3) is 0.542. The first-order chi connectivity index (χ1) is 12.6.